The van der Waals surface area contributed by atoms with Gasteiger partial charge in [0.15, 0.2) is 15.6 Å². The zero-order valence-electron chi connectivity index (χ0n) is 20.4. The Morgan fingerprint density at radius 2 is 1.59 bits per heavy atom. The Hall–Kier alpha value is -2.62. The average Bonchev–Trinajstić information content (AvgIpc) is 2.79. The molecule has 3 rings (SSSR count). The molecule has 0 aromatic heterocycles. The van der Waals surface area contributed by atoms with Crippen molar-refractivity contribution in [1.29, 1.82) is 0 Å². The Labute approximate surface area is 237 Å². The second-order valence-electron chi connectivity index (χ2n) is 8.12. The van der Waals surface area contributed by atoms with Gasteiger partial charge in [-0.25, -0.2) is 12.6 Å². The summed E-state index contributed by atoms with van der Waals surface area (Å²) in [5.74, 6) is -1.58. The molecule has 14 nitrogen and oxygen atoms in total. The highest BCUT2D eigenvalue weighted by Crippen LogP contribution is 2.46. The quantitative estimate of drug-likeness (QED) is 0.108. The Morgan fingerprint density at radius 1 is 0.949 bits per heavy atom. The van der Waals surface area contributed by atoms with Gasteiger partial charge >= 0.3 is 10.4 Å². The van der Waals surface area contributed by atoms with Crippen molar-refractivity contribution in [2.24, 2.45) is 10.2 Å². The topological polar surface area (TPSA) is 232 Å². The second kappa shape index (κ2) is 11.1. The number of methoxy groups -OCH3 is 1. The Bertz CT molecular complexity index is 1840. The molecule has 0 amide bonds. The number of phenols is 1. The van der Waals surface area contributed by atoms with E-state index in [-0.39, 0.29) is 38.4 Å². The van der Waals surface area contributed by atoms with Crippen LogP contribution >= 0.6 is 22.6 Å². The van der Waals surface area contributed by atoms with Crippen molar-refractivity contribution >= 4 is 80.8 Å². The largest absolute Gasteiger partial charge is 0.505 e. The molecule has 0 unspecified atom stereocenters. The molecule has 0 aliphatic heterocycles. The number of sulfone groups is 1. The van der Waals surface area contributed by atoms with Gasteiger partial charge in [-0.3, -0.25) is 9.11 Å². The van der Waals surface area contributed by atoms with Crippen LogP contribution in [0.15, 0.2) is 44.3 Å². The lowest BCUT2D eigenvalue weighted by Crippen LogP contribution is -2.16. The van der Waals surface area contributed by atoms with Gasteiger partial charge in [0.2, 0.25) is 0 Å². The SMILES string of the molecule is COc1cc(S(=O)(=O)CCOS(=O)(=O)O)c(C)cc1/N=N/c1c(S(=O)(=O)O)cc2cc(C)c(I)c(N)c2c1O. The van der Waals surface area contributed by atoms with Crippen molar-refractivity contribution in [1.82, 2.24) is 0 Å². The van der Waals surface area contributed by atoms with Crippen LogP contribution in [0, 0.1) is 17.4 Å². The standard InChI is InChI=1S/C21H22IN3O11S3/c1-10-7-13(14(35-3)9-15(10)37(27,28)5-4-36-39(32,33)34)24-25-20-16(38(29,30)31)8-12-6-11(2)18(22)19(23)17(12)21(20)26/h6-9,26H,4-5,23H2,1-3H3,(H,29,30,31)(H,32,33,34)/b25-24+. The van der Waals surface area contributed by atoms with Crippen molar-refractivity contribution < 1.29 is 48.4 Å². The molecule has 0 atom stereocenters. The lowest BCUT2D eigenvalue weighted by atomic mass is 10.0. The van der Waals surface area contributed by atoms with E-state index in [0.29, 0.717) is 9.13 Å². The lowest BCUT2D eigenvalue weighted by Gasteiger charge is -2.14. The summed E-state index contributed by atoms with van der Waals surface area (Å²) in [6.07, 6.45) is 0. The molecule has 0 saturated carbocycles. The van der Waals surface area contributed by atoms with Crippen molar-refractivity contribution in [2.75, 3.05) is 25.2 Å². The number of anilines is 1. The molecule has 0 bridgehead atoms. The minimum atomic E-state index is -4.90. The molecule has 5 N–H and O–H groups in total. The summed E-state index contributed by atoms with van der Waals surface area (Å²) in [5, 5.41) is 19.0. The summed E-state index contributed by atoms with van der Waals surface area (Å²) < 4.78 is 99.4. The van der Waals surface area contributed by atoms with Gasteiger partial charge in [-0.1, -0.05) is 6.07 Å². The number of aromatic hydroxyl groups is 1. The molecule has 39 heavy (non-hydrogen) atoms. The number of nitrogens with two attached hydrogens (primary N) is 1. The minimum Gasteiger partial charge on any atom is -0.505 e. The smallest absolute Gasteiger partial charge is 0.397 e. The van der Waals surface area contributed by atoms with Gasteiger partial charge in [0.1, 0.15) is 22.0 Å². The first-order valence-electron chi connectivity index (χ1n) is 10.5. The molecular weight excluding hydrogens is 693 g/mol. The fourth-order valence-corrected chi connectivity index (χ4v) is 6.50. The number of hydrogen-bond acceptors (Lipinski definition) is 12. The van der Waals surface area contributed by atoms with Crippen LogP contribution < -0.4 is 10.5 Å². The lowest BCUT2D eigenvalue weighted by molar-refractivity contribution is 0.284. The number of nitrogen functional groups attached to an aromatic ring is 1. The highest BCUT2D eigenvalue weighted by molar-refractivity contribution is 14.1. The summed E-state index contributed by atoms with van der Waals surface area (Å²) in [5.41, 5.74) is 6.45. The van der Waals surface area contributed by atoms with Crippen LogP contribution in [-0.2, 0) is 34.5 Å². The Balaban J connectivity index is 2.16. The van der Waals surface area contributed by atoms with E-state index in [1.54, 1.807) is 13.0 Å². The van der Waals surface area contributed by atoms with Gasteiger partial charge in [0.25, 0.3) is 10.1 Å². The number of fused-ring (bicyclic) bond motifs is 1. The number of azo groups is 1. The van der Waals surface area contributed by atoms with Crippen molar-refractivity contribution in [3.05, 3.63) is 39.0 Å². The third-order valence-corrected chi connectivity index (χ3v) is 10.0. The summed E-state index contributed by atoms with van der Waals surface area (Å²) in [7, 11) is -12.7. The third kappa shape index (κ3) is 6.76. The molecular formula is C21H22IN3O11S3. The Kier molecular flexibility index (Phi) is 8.80. The number of ether oxygens (including phenoxy) is 1. The van der Waals surface area contributed by atoms with Crippen LogP contribution in [-0.4, -0.2) is 58.9 Å². The minimum absolute atomic E-state index is 0.0737. The van der Waals surface area contributed by atoms with E-state index in [2.05, 4.69) is 14.4 Å². The maximum Gasteiger partial charge on any atom is 0.397 e. The number of aryl methyl sites for hydroxylation is 2. The third-order valence-electron chi connectivity index (χ3n) is 5.43. The fourth-order valence-electron chi connectivity index (χ4n) is 3.66. The van der Waals surface area contributed by atoms with E-state index < -0.39 is 59.0 Å². The number of rotatable bonds is 9. The summed E-state index contributed by atoms with van der Waals surface area (Å²) in [4.78, 5) is -1.01. The first-order chi connectivity index (χ1) is 17.9. The zero-order chi connectivity index (χ0) is 29.5. The van der Waals surface area contributed by atoms with Gasteiger partial charge in [-0.05, 0) is 65.1 Å². The van der Waals surface area contributed by atoms with Crippen LogP contribution in [0.25, 0.3) is 10.8 Å². The van der Waals surface area contributed by atoms with E-state index in [0.717, 1.165) is 12.1 Å². The first kappa shape index (κ1) is 30.9. The number of hydrogen-bond donors (Lipinski definition) is 4. The average molecular weight is 716 g/mol. The van der Waals surface area contributed by atoms with E-state index in [1.165, 1.54) is 20.1 Å². The van der Waals surface area contributed by atoms with Crippen molar-refractivity contribution in [2.45, 2.75) is 23.6 Å². The zero-order valence-corrected chi connectivity index (χ0v) is 25.0. The van der Waals surface area contributed by atoms with E-state index in [9.17, 15) is 34.9 Å². The van der Waals surface area contributed by atoms with Crippen molar-refractivity contribution in [3.8, 4) is 11.5 Å². The van der Waals surface area contributed by atoms with Gasteiger partial charge in [-0.2, -0.15) is 16.8 Å². The highest BCUT2D eigenvalue weighted by Gasteiger charge is 2.25. The van der Waals surface area contributed by atoms with Crippen molar-refractivity contribution in [3.63, 3.8) is 0 Å². The molecule has 0 heterocycles. The summed E-state index contributed by atoms with van der Waals surface area (Å²) in [6, 6.07) is 4.99. The normalized spacial score (nSPS) is 12.9. The molecule has 3 aromatic carbocycles. The molecule has 0 spiro atoms. The predicted molar refractivity (Wildman–Crippen MR) is 149 cm³/mol. The molecule has 0 radical (unpaired) electrons. The molecule has 0 fully saturated rings. The molecule has 18 heteroatoms. The van der Waals surface area contributed by atoms with Gasteiger partial charge in [-0.15, -0.1) is 10.2 Å². The highest BCUT2D eigenvalue weighted by atomic mass is 127. The monoisotopic (exact) mass is 715 g/mol. The van der Waals surface area contributed by atoms with Gasteiger partial charge in [0.05, 0.1) is 30.1 Å². The number of benzene rings is 3. The van der Waals surface area contributed by atoms with Gasteiger partial charge in [0, 0.05) is 15.0 Å². The summed E-state index contributed by atoms with van der Waals surface area (Å²) >= 11 is 1.96. The second-order valence-corrected chi connectivity index (χ2v) is 13.8. The molecule has 0 saturated heterocycles. The maximum atomic E-state index is 12.7. The predicted octanol–water partition coefficient (Wildman–Crippen LogP) is 3.61. The first-order valence-corrected chi connectivity index (χ1v) is 16.1. The van der Waals surface area contributed by atoms with Crippen LogP contribution in [0.5, 0.6) is 11.5 Å². The van der Waals surface area contributed by atoms with Crippen LogP contribution in [0.4, 0.5) is 17.1 Å². The fraction of sp³-hybridized carbons (Fsp3) is 0.238. The van der Waals surface area contributed by atoms with E-state index in [1.807, 2.05) is 22.6 Å². The number of nitrogens with zero attached hydrogens (tertiary/aromatic N) is 2. The maximum absolute atomic E-state index is 12.7. The summed E-state index contributed by atoms with van der Waals surface area (Å²) in [6.45, 7) is 2.29. The molecule has 212 valence electrons. The van der Waals surface area contributed by atoms with Gasteiger partial charge < -0.3 is 15.6 Å². The van der Waals surface area contributed by atoms with Crippen LogP contribution in [0.1, 0.15) is 11.1 Å². The van der Waals surface area contributed by atoms with E-state index >= 15 is 0 Å². The Morgan fingerprint density at radius 3 is 2.15 bits per heavy atom. The molecule has 3 aromatic rings. The van der Waals surface area contributed by atoms with E-state index in [4.69, 9.17) is 15.0 Å². The van der Waals surface area contributed by atoms with Crippen LogP contribution in [0.2, 0.25) is 0 Å². The molecule has 0 aliphatic carbocycles. The van der Waals surface area contributed by atoms with Crippen LogP contribution in [0.3, 0.4) is 0 Å². The number of halogens is 1. The number of phenolic OH excluding ortho intramolecular Hbond substituents is 1. The molecule has 0 aliphatic rings.